The maximum Gasteiger partial charge on any atom is 0.226 e. The highest BCUT2D eigenvalue weighted by Crippen LogP contribution is 2.60. The zero-order chi connectivity index (χ0) is 14.4. The van der Waals surface area contributed by atoms with Gasteiger partial charge in [-0.1, -0.05) is 24.3 Å². The first kappa shape index (κ1) is 13.3. The maximum atomic E-state index is 12.9. The number of carbonyl (C=O) groups excluding carboxylic acids is 1. The van der Waals surface area contributed by atoms with Crippen molar-refractivity contribution in [3.8, 4) is 0 Å². The maximum absolute atomic E-state index is 12.9. The third-order valence-electron chi connectivity index (χ3n) is 5.93. The van der Waals surface area contributed by atoms with Gasteiger partial charge in [0.1, 0.15) is 0 Å². The van der Waals surface area contributed by atoms with Crippen LogP contribution >= 0.6 is 0 Å². The molecule has 1 N–H and O–H groups in total. The number of carbonyl (C=O) groups is 1. The van der Waals surface area contributed by atoms with Crippen molar-refractivity contribution in [1.29, 1.82) is 0 Å². The van der Waals surface area contributed by atoms with Crippen LogP contribution in [-0.4, -0.2) is 37.0 Å². The fourth-order valence-electron chi connectivity index (χ4n) is 4.55. The summed E-state index contributed by atoms with van der Waals surface area (Å²) in [5.41, 5.74) is 3.11. The molecule has 1 aliphatic heterocycles. The summed E-state index contributed by atoms with van der Waals surface area (Å²) < 4.78 is 0. The molecule has 1 aromatic rings. The van der Waals surface area contributed by atoms with E-state index in [-0.39, 0.29) is 11.3 Å². The standard InChI is InChI=1S/C18H24N2O/c1-20(14-8-10-19-12-14)17(21)16-11-18(16)9-4-6-13-5-2-3-7-15(13)18/h2-3,5,7,14,16,19H,4,6,8-12H2,1H3. The van der Waals surface area contributed by atoms with Crippen LogP contribution in [0.3, 0.4) is 0 Å². The summed E-state index contributed by atoms with van der Waals surface area (Å²) in [6, 6.07) is 9.18. The Kier molecular flexibility index (Phi) is 3.07. The summed E-state index contributed by atoms with van der Waals surface area (Å²) in [7, 11) is 2.00. The van der Waals surface area contributed by atoms with Gasteiger partial charge in [-0.05, 0) is 49.8 Å². The molecular formula is C18H24N2O. The second-order valence-corrected chi connectivity index (χ2v) is 7.02. The Morgan fingerprint density at radius 3 is 3.05 bits per heavy atom. The monoisotopic (exact) mass is 284 g/mol. The van der Waals surface area contributed by atoms with E-state index >= 15 is 0 Å². The fraction of sp³-hybridized carbons (Fsp3) is 0.611. The van der Waals surface area contributed by atoms with E-state index in [1.54, 1.807) is 0 Å². The summed E-state index contributed by atoms with van der Waals surface area (Å²) >= 11 is 0. The molecule has 112 valence electrons. The van der Waals surface area contributed by atoms with Crippen LogP contribution in [0.15, 0.2) is 24.3 Å². The van der Waals surface area contributed by atoms with Gasteiger partial charge in [0.05, 0.1) is 0 Å². The van der Waals surface area contributed by atoms with Crippen molar-refractivity contribution in [3.63, 3.8) is 0 Å². The Morgan fingerprint density at radius 1 is 1.38 bits per heavy atom. The quantitative estimate of drug-likeness (QED) is 0.902. The van der Waals surface area contributed by atoms with Crippen LogP contribution in [0.4, 0.5) is 0 Å². The predicted molar refractivity (Wildman–Crippen MR) is 83.2 cm³/mol. The number of nitrogens with one attached hydrogen (secondary N) is 1. The molecule has 3 heteroatoms. The molecule has 4 rings (SSSR count). The molecular weight excluding hydrogens is 260 g/mol. The van der Waals surface area contributed by atoms with Crippen molar-refractivity contribution >= 4 is 5.91 Å². The normalized spacial score (nSPS) is 33.8. The van der Waals surface area contributed by atoms with Crippen LogP contribution in [0.2, 0.25) is 0 Å². The van der Waals surface area contributed by atoms with Crippen LogP contribution in [0.5, 0.6) is 0 Å². The third-order valence-corrected chi connectivity index (χ3v) is 5.93. The van der Waals surface area contributed by atoms with Crippen molar-refractivity contribution in [2.75, 3.05) is 20.1 Å². The Hall–Kier alpha value is -1.35. The smallest absolute Gasteiger partial charge is 0.226 e. The van der Waals surface area contributed by atoms with Crippen molar-refractivity contribution < 1.29 is 4.79 Å². The summed E-state index contributed by atoms with van der Waals surface area (Å²) in [4.78, 5) is 14.9. The summed E-state index contributed by atoms with van der Waals surface area (Å²) in [6.07, 6.45) is 5.76. The van der Waals surface area contributed by atoms with Gasteiger partial charge in [-0.2, -0.15) is 0 Å². The van der Waals surface area contributed by atoms with Gasteiger partial charge < -0.3 is 10.2 Å². The Bertz CT molecular complexity index is 564. The van der Waals surface area contributed by atoms with Crippen LogP contribution in [-0.2, 0) is 16.6 Å². The lowest BCUT2D eigenvalue weighted by Crippen LogP contribution is -2.40. The van der Waals surface area contributed by atoms with Gasteiger partial charge in [0.2, 0.25) is 5.91 Å². The van der Waals surface area contributed by atoms with Gasteiger partial charge in [-0.3, -0.25) is 4.79 Å². The highest BCUT2D eigenvalue weighted by Gasteiger charge is 2.60. The van der Waals surface area contributed by atoms with Crippen LogP contribution in [0.1, 0.15) is 36.8 Å². The topological polar surface area (TPSA) is 32.3 Å². The molecule has 2 fully saturated rings. The van der Waals surface area contributed by atoms with Gasteiger partial charge in [-0.25, -0.2) is 0 Å². The highest BCUT2D eigenvalue weighted by molar-refractivity contribution is 5.85. The molecule has 3 unspecified atom stereocenters. The zero-order valence-corrected chi connectivity index (χ0v) is 12.8. The number of likely N-dealkylation sites (N-methyl/N-ethyl adjacent to an activating group) is 1. The SMILES string of the molecule is CN(C(=O)C1CC12CCCc1ccccc12)C1CCNC1. The van der Waals surface area contributed by atoms with Crippen molar-refractivity contribution in [2.24, 2.45) is 5.92 Å². The number of aryl methyl sites for hydroxylation is 1. The molecule has 1 saturated carbocycles. The average molecular weight is 284 g/mol. The highest BCUT2D eigenvalue weighted by atomic mass is 16.2. The largest absolute Gasteiger partial charge is 0.341 e. The predicted octanol–water partition coefficient (Wildman–Crippen LogP) is 2.10. The van der Waals surface area contributed by atoms with E-state index < -0.39 is 0 Å². The summed E-state index contributed by atoms with van der Waals surface area (Å²) in [5.74, 6) is 0.602. The molecule has 0 bridgehead atoms. The number of amides is 1. The lowest BCUT2D eigenvalue weighted by Gasteiger charge is -2.29. The first-order valence-electron chi connectivity index (χ1n) is 8.28. The third kappa shape index (κ3) is 2.02. The van der Waals surface area contributed by atoms with E-state index in [4.69, 9.17) is 0 Å². The van der Waals surface area contributed by atoms with Gasteiger partial charge >= 0.3 is 0 Å². The molecule has 1 spiro atoms. The fourth-order valence-corrected chi connectivity index (χ4v) is 4.55. The number of hydrogen-bond acceptors (Lipinski definition) is 2. The molecule has 1 heterocycles. The van der Waals surface area contributed by atoms with E-state index in [0.717, 1.165) is 25.9 Å². The van der Waals surface area contributed by atoms with E-state index in [1.165, 1.54) is 30.4 Å². The second-order valence-electron chi connectivity index (χ2n) is 7.02. The molecule has 3 aliphatic rings. The minimum atomic E-state index is 0.173. The number of nitrogens with zero attached hydrogens (tertiary/aromatic N) is 1. The second kappa shape index (κ2) is 4.84. The van der Waals surface area contributed by atoms with Crippen molar-refractivity contribution in [3.05, 3.63) is 35.4 Å². The summed E-state index contributed by atoms with van der Waals surface area (Å²) in [6.45, 7) is 2.00. The minimum absolute atomic E-state index is 0.173. The first-order valence-corrected chi connectivity index (χ1v) is 8.28. The number of benzene rings is 1. The lowest BCUT2D eigenvalue weighted by molar-refractivity contribution is -0.133. The first-order chi connectivity index (χ1) is 10.2. The average Bonchev–Trinajstić information content (AvgIpc) is 2.98. The Morgan fingerprint density at radius 2 is 2.24 bits per heavy atom. The van der Waals surface area contributed by atoms with Crippen molar-refractivity contribution in [2.45, 2.75) is 43.6 Å². The zero-order valence-electron chi connectivity index (χ0n) is 12.8. The van der Waals surface area contributed by atoms with E-state index in [2.05, 4.69) is 29.6 Å². The van der Waals surface area contributed by atoms with Gasteiger partial charge in [-0.15, -0.1) is 0 Å². The minimum Gasteiger partial charge on any atom is -0.341 e. The van der Waals surface area contributed by atoms with Crippen LogP contribution < -0.4 is 5.32 Å². The molecule has 1 aromatic carbocycles. The summed E-state index contributed by atoms with van der Waals surface area (Å²) in [5, 5.41) is 3.36. The van der Waals surface area contributed by atoms with Gasteiger partial charge in [0.15, 0.2) is 0 Å². The molecule has 1 saturated heterocycles. The van der Waals surface area contributed by atoms with Crippen LogP contribution in [0, 0.1) is 5.92 Å². The Balaban J connectivity index is 1.56. The number of fused-ring (bicyclic) bond motifs is 2. The Labute approximate surface area is 126 Å². The molecule has 21 heavy (non-hydrogen) atoms. The van der Waals surface area contributed by atoms with Crippen molar-refractivity contribution in [1.82, 2.24) is 10.2 Å². The molecule has 1 amide bonds. The van der Waals surface area contributed by atoms with Gasteiger partial charge in [0, 0.05) is 31.0 Å². The van der Waals surface area contributed by atoms with E-state index in [9.17, 15) is 4.79 Å². The lowest BCUT2D eigenvalue weighted by atomic mass is 9.78. The van der Waals surface area contributed by atoms with Crippen LogP contribution in [0.25, 0.3) is 0 Å². The molecule has 0 aromatic heterocycles. The number of rotatable bonds is 2. The molecule has 0 radical (unpaired) electrons. The van der Waals surface area contributed by atoms with Gasteiger partial charge in [0.25, 0.3) is 0 Å². The van der Waals surface area contributed by atoms with E-state index in [0.29, 0.717) is 11.9 Å². The molecule has 2 aliphatic carbocycles. The number of hydrogen-bond donors (Lipinski definition) is 1. The molecule has 3 nitrogen and oxygen atoms in total. The van der Waals surface area contributed by atoms with E-state index in [1.807, 2.05) is 11.9 Å². The molecule has 3 atom stereocenters.